The third-order valence-corrected chi connectivity index (χ3v) is 3.55. The average molecular weight is 319 g/mol. The van der Waals surface area contributed by atoms with Gasteiger partial charge in [0.05, 0.1) is 6.61 Å². The molecule has 1 aliphatic rings. The van der Waals surface area contributed by atoms with E-state index in [-0.39, 0.29) is 5.91 Å². The van der Waals surface area contributed by atoms with Crippen molar-refractivity contribution in [2.24, 2.45) is 10.2 Å². The number of benzene rings is 1. The zero-order valence-electron chi connectivity index (χ0n) is 13.9. The maximum atomic E-state index is 12.0. The SMILES string of the molecule is CCCOCCCOCCNC(=O)c1ccc(C2(C)N=N2)cc1. The first-order valence-electron chi connectivity index (χ1n) is 8.14. The number of carbonyl (C=O) groups excluding carboxylic acids is 1. The molecule has 0 saturated carbocycles. The van der Waals surface area contributed by atoms with Crippen molar-refractivity contribution in [3.63, 3.8) is 0 Å². The highest BCUT2D eigenvalue weighted by Crippen LogP contribution is 2.38. The van der Waals surface area contributed by atoms with Gasteiger partial charge in [0, 0.05) is 37.5 Å². The van der Waals surface area contributed by atoms with E-state index in [2.05, 4.69) is 22.5 Å². The summed E-state index contributed by atoms with van der Waals surface area (Å²) in [7, 11) is 0. The molecule has 6 nitrogen and oxygen atoms in total. The largest absolute Gasteiger partial charge is 0.381 e. The highest BCUT2D eigenvalue weighted by atomic mass is 16.5. The predicted molar refractivity (Wildman–Crippen MR) is 87.5 cm³/mol. The normalized spacial score (nSPS) is 14.7. The number of hydrogen-bond acceptors (Lipinski definition) is 5. The van der Waals surface area contributed by atoms with E-state index in [4.69, 9.17) is 9.47 Å². The van der Waals surface area contributed by atoms with E-state index < -0.39 is 5.66 Å². The molecule has 1 aromatic carbocycles. The quantitative estimate of drug-likeness (QED) is 0.637. The summed E-state index contributed by atoms with van der Waals surface area (Å²) in [6, 6.07) is 7.37. The van der Waals surface area contributed by atoms with Crippen LogP contribution in [-0.4, -0.2) is 38.9 Å². The van der Waals surface area contributed by atoms with Crippen molar-refractivity contribution in [1.29, 1.82) is 0 Å². The van der Waals surface area contributed by atoms with Crippen LogP contribution < -0.4 is 5.32 Å². The van der Waals surface area contributed by atoms with E-state index in [1.165, 1.54) is 0 Å². The number of ether oxygens (including phenoxy) is 2. The Morgan fingerprint density at radius 2 is 1.74 bits per heavy atom. The molecule has 1 amide bonds. The summed E-state index contributed by atoms with van der Waals surface area (Å²) >= 11 is 0. The van der Waals surface area contributed by atoms with Gasteiger partial charge >= 0.3 is 0 Å². The lowest BCUT2D eigenvalue weighted by atomic mass is 10.0. The first kappa shape index (κ1) is 17.6. The molecule has 0 atom stereocenters. The summed E-state index contributed by atoms with van der Waals surface area (Å²) in [5, 5.41) is 10.8. The number of nitrogens with one attached hydrogen (secondary N) is 1. The van der Waals surface area contributed by atoms with Gasteiger partial charge in [-0.2, -0.15) is 10.2 Å². The third-order valence-electron chi connectivity index (χ3n) is 3.55. The maximum Gasteiger partial charge on any atom is 0.251 e. The lowest BCUT2D eigenvalue weighted by molar-refractivity contribution is 0.0793. The van der Waals surface area contributed by atoms with Gasteiger partial charge in [0.1, 0.15) is 0 Å². The molecule has 0 aromatic heterocycles. The molecule has 1 heterocycles. The zero-order chi connectivity index (χ0) is 16.5. The lowest BCUT2D eigenvalue weighted by Gasteiger charge is -2.08. The molecule has 0 radical (unpaired) electrons. The second kappa shape index (κ2) is 8.74. The molecule has 0 saturated heterocycles. The van der Waals surface area contributed by atoms with Crippen LogP contribution in [0.3, 0.4) is 0 Å². The first-order chi connectivity index (χ1) is 11.2. The Labute approximate surface area is 137 Å². The van der Waals surface area contributed by atoms with Crippen LogP contribution in [-0.2, 0) is 15.1 Å². The molecule has 6 heteroatoms. The van der Waals surface area contributed by atoms with Gasteiger partial charge in [0.15, 0.2) is 0 Å². The Morgan fingerprint density at radius 3 is 2.35 bits per heavy atom. The summed E-state index contributed by atoms with van der Waals surface area (Å²) in [6.45, 7) is 7.21. The van der Waals surface area contributed by atoms with Gasteiger partial charge in [0.2, 0.25) is 5.66 Å². The Hall–Kier alpha value is -1.79. The fraction of sp³-hybridized carbons (Fsp3) is 0.588. The van der Waals surface area contributed by atoms with Crippen LogP contribution >= 0.6 is 0 Å². The van der Waals surface area contributed by atoms with Crippen LogP contribution in [0.25, 0.3) is 0 Å². The Bertz CT molecular complexity index is 522. The van der Waals surface area contributed by atoms with Crippen LogP contribution in [0.2, 0.25) is 0 Å². The maximum absolute atomic E-state index is 12.0. The average Bonchev–Trinajstić information content (AvgIpc) is 3.32. The van der Waals surface area contributed by atoms with Gasteiger partial charge in [-0.1, -0.05) is 19.1 Å². The second-order valence-corrected chi connectivity index (χ2v) is 5.63. The van der Waals surface area contributed by atoms with Gasteiger partial charge in [-0.05, 0) is 31.9 Å². The minimum Gasteiger partial charge on any atom is -0.381 e. The first-order valence-corrected chi connectivity index (χ1v) is 8.14. The minimum atomic E-state index is -0.399. The molecule has 0 bridgehead atoms. The van der Waals surface area contributed by atoms with Crippen molar-refractivity contribution in [2.75, 3.05) is 33.0 Å². The van der Waals surface area contributed by atoms with E-state index in [1.807, 2.05) is 19.1 Å². The van der Waals surface area contributed by atoms with Crippen LogP contribution in [0.5, 0.6) is 0 Å². The third kappa shape index (κ3) is 5.73. The number of nitrogens with zero attached hydrogens (tertiary/aromatic N) is 2. The molecule has 2 rings (SSSR count). The minimum absolute atomic E-state index is 0.0961. The number of hydrogen-bond donors (Lipinski definition) is 1. The molecule has 1 aromatic rings. The van der Waals surface area contributed by atoms with Crippen molar-refractivity contribution < 1.29 is 14.3 Å². The van der Waals surface area contributed by atoms with Crippen molar-refractivity contribution in [3.05, 3.63) is 35.4 Å². The standard InChI is InChI=1S/C17H25N3O3/c1-3-10-22-11-4-12-23-13-9-18-16(21)14-5-7-15(8-6-14)17(2)19-20-17/h5-8H,3-4,9-13H2,1-2H3,(H,18,21). The van der Waals surface area contributed by atoms with Gasteiger partial charge < -0.3 is 14.8 Å². The van der Waals surface area contributed by atoms with E-state index in [9.17, 15) is 4.79 Å². The zero-order valence-corrected chi connectivity index (χ0v) is 13.9. The summed E-state index contributed by atoms with van der Waals surface area (Å²) in [6.07, 6.45) is 1.92. The highest BCUT2D eigenvalue weighted by Gasteiger charge is 2.35. The Morgan fingerprint density at radius 1 is 1.09 bits per heavy atom. The Kier molecular flexibility index (Phi) is 6.67. The van der Waals surface area contributed by atoms with Gasteiger partial charge in [-0.3, -0.25) is 4.79 Å². The van der Waals surface area contributed by atoms with Crippen molar-refractivity contribution >= 4 is 5.91 Å². The summed E-state index contributed by atoms with van der Waals surface area (Å²) in [4.78, 5) is 12.0. The molecular formula is C17H25N3O3. The highest BCUT2D eigenvalue weighted by molar-refractivity contribution is 5.94. The van der Waals surface area contributed by atoms with Crippen molar-refractivity contribution in [3.8, 4) is 0 Å². The van der Waals surface area contributed by atoms with E-state index in [0.717, 1.165) is 31.6 Å². The molecular weight excluding hydrogens is 294 g/mol. The Balaban J connectivity index is 1.56. The molecule has 0 unspecified atom stereocenters. The molecule has 0 spiro atoms. The topological polar surface area (TPSA) is 72.3 Å². The predicted octanol–water partition coefficient (Wildman–Crippen LogP) is 2.89. The van der Waals surface area contributed by atoms with Crippen molar-refractivity contribution in [1.82, 2.24) is 5.32 Å². The van der Waals surface area contributed by atoms with Gasteiger partial charge in [-0.25, -0.2) is 0 Å². The van der Waals surface area contributed by atoms with Crippen LogP contribution in [0.4, 0.5) is 0 Å². The molecule has 23 heavy (non-hydrogen) atoms. The smallest absolute Gasteiger partial charge is 0.251 e. The molecule has 0 fully saturated rings. The molecule has 1 aliphatic heterocycles. The fourth-order valence-electron chi connectivity index (χ4n) is 2.08. The van der Waals surface area contributed by atoms with Crippen LogP contribution in [0.15, 0.2) is 34.5 Å². The second-order valence-electron chi connectivity index (χ2n) is 5.63. The monoisotopic (exact) mass is 319 g/mol. The fourth-order valence-corrected chi connectivity index (χ4v) is 2.08. The summed E-state index contributed by atoms with van der Waals surface area (Å²) in [5.74, 6) is -0.0961. The van der Waals surface area contributed by atoms with E-state index in [0.29, 0.717) is 25.3 Å². The van der Waals surface area contributed by atoms with Crippen LogP contribution in [0.1, 0.15) is 42.6 Å². The van der Waals surface area contributed by atoms with E-state index in [1.54, 1.807) is 12.1 Å². The van der Waals surface area contributed by atoms with Gasteiger partial charge in [-0.15, -0.1) is 0 Å². The molecule has 126 valence electrons. The van der Waals surface area contributed by atoms with E-state index >= 15 is 0 Å². The number of amides is 1. The number of carbonyl (C=O) groups is 1. The summed E-state index contributed by atoms with van der Waals surface area (Å²) in [5.41, 5.74) is 1.23. The van der Waals surface area contributed by atoms with Crippen molar-refractivity contribution in [2.45, 2.75) is 32.4 Å². The molecule has 1 N–H and O–H groups in total. The lowest BCUT2D eigenvalue weighted by Crippen LogP contribution is -2.27. The van der Waals surface area contributed by atoms with Gasteiger partial charge in [0.25, 0.3) is 5.91 Å². The summed E-state index contributed by atoms with van der Waals surface area (Å²) < 4.78 is 10.8. The number of rotatable bonds is 11. The van der Waals surface area contributed by atoms with Crippen LogP contribution in [0, 0.1) is 0 Å². The molecule has 0 aliphatic carbocycles.